The summed E-state index contributed by atoms with van der Waals surface area (Å²) in [4.78, 5) is 0. The molecule has 0 nitrogen and oxygen atoms in total. The monoisotopic (exact) mass is 442 g/mol. The molecular weight excluding hydrogens is 414 g/mol. The summed E-state index contributed by atoms with van der Waals surface area (Å²) in [6.07, 6.45) is 13.5. The Bertz CT molecular complexity index is 599. The van der Waals surface area contributed by atoms with Gasteiger partial charge in [-0.1, -0.05) is 0 Å². The van der Waals surface area contributed by atoms with Crippen LogP contribution < -0.4 is 24.8 Å². The Morgan fingerprint density at radius 3 is 2.12 bits per heavy atom. The number of rotatable bonds is 3. The summed E-state index contributed by atoms with van der Waals surface area (Å²) in [5.41, 5.74) is 6.94. The van der Waals surface area contributed by atoms with Gasteiger partial charge < -0.3 is 24.8 Å². The molecule has 0 amide bonds. The predicted octanol–water partition coefficient (Wildman–Crippen LogP) is 0.521. The van der Waals surface area contributed by atoms with E-state index in [-0.39, 0.29) is 24.8 Å². The number of halogens is 2. The Balaban J connectivity index is 0.00000144. The van der Waals surface area contributed by atoms with Crippen molar-refractivity contribution in [3.8, 4) is 0 Å². The van der Waals surface area contributed by atoms with Crippen LogP contribution in [0.5, 0.6) is 0 Å². The van der Waals surface area contributed by atoms with E-state index in [0.717, 1.165) is 5.92 Å². The van der Waals surface area contributed by atoms with Gasteiger partial charge in [0.2, 0.25) is 0 Å². The minimum Gasteiger partial charge on any atom is -1.00 e. The van der Waals surface area contributed by atoms with Gasteiger partial charge in [-0.2, -0.15) is 0 Å². The summed E-state index contributed by atoms with van der Waals surface area (Å²) in [5.74, 6) is 0.893. The molecule has 3 rings (SSSR count). The molecule has 1 saturated carbocycles. The zero-order valence-electron chi connectivity index (χ0n) is 15.7. The second kappa shape index (κ2) is 8.88. The van der Waals surface area contributed by atoms with Crippen LogP contribution in [0.15, 0.2) is 41.0 Å². The molecular formula is C21H30Cl2Zr. The van der Waals surface area contributed by atoms with Gasteiger partial charge in [-0.15, -0.1) is 0 Å². The zero-order valence-corrected chi connectivity index (χ0v) is 19.7. The minimum atomic E-state index is -0.622. The standard InChI is InChI=1S/C11H15.C10H15.2ClH.Zr/c1-2-6-10(7-3-1)11-8-4-5-9-11;1-7-6-10(4,5)9(3)8(7)2;;;/h4,8,10H,1-3,5-7H2;1-5H3;2*1H;/q;;;;+2/p-2. The molecule has 0 bridgehead atoms. The summed E-state index contributed by atoms with van der Waals surface area (Å²) in [7, 11) is 0. The normalized spacial score (nSPS) is 23.4. The van der Waals surface area contributed by atoms with Crippen molar-refractivity contribution >= 4 is 0 Å². The third kappa shape index (κ3) is 4.05. The Labute approximate surface area is 172 Å². The molecule has 132 valence electrons. The van der Waals surface area contributed by atoms with Crippen LogP contribution in [-0.4, -0.2) is 0 Å². The fraction of sp³-hybridized carbons (Fsp3) is 0.619. The van der Waals surface area contributed by atoms with Gasteiger partial charge >= 0.3 is 149 Å². The average Bonchev–Trinajstić information content (AvgIpc) is 3.03. The third-order valence-electron chi connectivity index (χ3n) is 6.35. The molecule has 0 unspecified atom stereocenters. The van der Waals surface area contributed by atoms with Crippen molar-refractivity contribution in [2.24, 2.45) is 11.3 Å². The molecule has 24 heavy (non-hydrogen) atoms. The smallest absolute Gasteiger partial charge is 1.00 e. The number of hydrogen-bond donors (Lipinski definition) is 0. The van der Waals surface area contributed by atoms with Crippen LogP contribution in [0, 0.1) is 11.3 Å². The van der Waals surface area contributed by atoms with E-state index >= 15 is 0 Å². The summed E-state index contributed by atoms with van der Waals surface area (Å²) >= 11 is -0.622. The quantitative estimate of drug-likeness (QED) is 0.596. The maximum atomic E-state index is 2.50. The van der Waals surface area contributed by atoms with Crippen molar-refractivity contribution in [2.75, 3.05) is 0 Å². The SMILES string of the molecule is CC1=C(C)C(C)(C)[C]([Zr+2][C]2=C(C3CCCCC3)C=CC2)=C1C.[Cl-].[Cl-]. The van der Waals surface area contributed by atoms with Crippen molar-refractivity contribution in [3.05, 3.63) is 41.0 Å². The van der Waals surface area contributed by atoms with Gasteiger partial charge in [0.1, 0.15) is 0 Å². The van der Waals surface area contributed by atoms with E-state index in [2.05, 4.69) is 46.8 Å². The van der Waals surface area contributed by atoms with Gasteiger partial charge in [0.25, 0.3) is 0 Å². The number of hydrogen-bond acceptors (Lipinski definition) is 0. The molecule has 0 N–H and O–H groups in total. The molecule has 3 heteroatoms. The Morgan fingerprint density at radius 2 is 1.58 bits per heavy atom. The van der Waals surface area contributed by atoms with Crippen LogP contribution in [0.1, 0.15) is 73.1 Å². The van der Waals surface area contributed by atoms with Gasteiger partial charge in [0.15, 0.2) is 0 Å². The summed E-state index contributed by atoms with van der Waals surface area (Å²) in [6.45, 7) is 12.0. The summed E-state index contributed by atoms with van der Waals surface area (Å²) in [5, 5.41) is 0. The maximum Gasteiger partial charge on any atom is -1.00 e. The molecule has 0 aromatic rings. The van der Waals surface area contributed by atoms with Crippen molar-refractivity contribution in [3.63, 3.8) is 0 Å². The van der Waals surface area contributed by atoms with E-state index in [4.69, 9.17) is 0 Å². The molecule has 1 fully saturated rings. The average molecular weight is 445 g/mol. The van der Waals surface area contributed by atoms with Crippen molar-refractivity contribution in [2.45, 2.75) is 73.1 Å². The van der Waals surface area contributed by atoms with Crippen LogP contribution in [-0.2, 0) is 23.2 Å². The molecule has 0 heterocycles. The molecule has 0 aromatic carbocycles. The van der Waals surface area contributed by atoms with E-state index in [9.17, 15) is 0 Å². The molecule has 0 atom stereocenters. The summed E-state index contributed by atoms with van der Waals surface area (Å²) in [6, 6.07) is 0. The maximum absolute atomic E-state index is 2.50. The topological polar surface area (TPSA) is 0 Å². The van der Waals surface area contributed by atoms with Gasteiger partial charge in [-0.3, -0.25) is 0 Å². The molecule has 0 radical (unpaired) electrons. The van der Waals surface area contributed by atoms with E-state index < -0.39 is 23.2 Å². The first-order chi connectivity index (χ1) is 10.4. The first-order valence-electron chi connectivity index (χ1n) is 8.99. The molecule has 0 saturated heterocycles. The molecule has 3 aliphatic carbocycles. The zero-order chi connectivity index (χ0) is 15.9. The Kier molecular flexibility index (Phi) is 8.31. The Morgan fingerprint density at radius 1 is 0.958 bits per heavy atom. The molecule has 3 aliphatic rings. The fourth-order valence-electron chi connectivity index (χ4n) is 4.44. The van der Waals surface area contributed by atoms with Gasteiger partial charge in [-0.25, -0.2) is 0 Å². The Hall–Kier alpha value is 0.423. The van der Waals surface area contributed by atoms with Crippen LogP contribution in [0.4, 0.5) is 0 Å². The second-order valence-corrected chi connectivity index (χ2v) is 11.2. The summed E-state index contributed by atoms with van der Waals surface area (Å²) < 4.78 is 3.73. The van der Waals surface area contributed by atoms with Gasteiger partial charge in [-0.05, 0) is 0 Å². The van der Waals surface area contributed by atoms with Crippen LogP contribution in [0.25, 0.3) is 0 Å². The number of allylic oxidation sites excluding steroid dienone is 8. The van der Waals surface area contributed by atoms with Crippen LogP contribution in [0.3, 0.4) is 0 Å². The van der Waals surface area contributed by atoms with Gasteiger partial charge in [0.05, 0.1) is 0 Å². The van der Waals surface area contributed by atoms with E-state index in [0.29, 0.717) is 5.41 Å². The van der Waals surface area contributed by atoms with Crippen molar-refractivity contribution in [1.82, 2.24) is 0 Å². The minimum absolute atomic E-state index is 0. The first kappa shape index (κ1) is 22.5. The van der Waals surface area contributed by atoms with Gasteiger partial charge in [0, 0.05) is 0 Å². The largest absolute Gasteiger partial charge is 1.00 e. The molecule has 0 aromatic heterocycles. The van der Waals surface area contributed by atoms with Crippen molar-refractivity contribution in [1.29, 1.82) is 0 Å². The van der Waals surface area contributed by atoms with E-state index in [1.807, 2.05) is 6.56 Å². The van der Waals surface area contributed by atoms with Crippen LogP contribution >= 0.6 is 0 Å². The third-order valence-corrected chi connectivity index (χ3v) is 11.4. The van der Waals surface area contributed by atoms with Crippen molar-refractivity contribution < 1.29 is 48.0 Å². The molecule has 0 spiro atoms. The van der Waals surface area contributed by atoms with Crippen LogP contribution in [0.2, 0.25) is 0 Å². The molecule has 0 aliphatic heterocycles. The fourth-order valence-corrected chi connectivity index (χ4v) is 8.93. The first-order valence-corrected chi connectivity index (χ1v) is 11.4. The second-order valence-electron chi connectivity index (χ2n) is 7.88. The predicted molar refractivity (Wildman–Crippen MR) is 92.2 cm³/mol. The van der Waals surface area contributed by atoms with E-state index in [1.165, 1.54) is 38.5 Å². The van der Waals surface area contributed by atoms with E-state index in [1.54, 1.807) is 22.3 Å².